The number of nitrogens with one attached hydrogen (secondary N) is 9. The van der Waals surface area contributed by atoms with E-state index >= 15 is 0 Å². The van der Waals surface area contributed by atoms with Crippen LogP contribution in [0.5, 0.6) is 0 Å². The van der Waals surface area contributed by atoms with Crippen LogP contribution in [0.15, 0.2) is 216 Å². The van der Waals surface area contributed by atoms with E-state index in [4.69, 9.17) is 0 Å². The maximum atomic E-state index is 13.2. The first kappa shape index (κ1) is 115. The SMILES string of the molecule is C=CC(O)[C@@H]1C=Cc2c(cn(C)c2C(=O)Cc2ccc(C)c(C#N)c2)S(=O)(=O)N1.C=C[C@@]1(CO)CCc2c(cn(C)c2C(=O)Nc2ccc(C)c(C#N)c2)S(=O)(=O)N1.C=C[C@@]1(CO)CCc2c(cn(C)c2C(=O)Nc2ccc(C)c(C(F)(F)F)c2)S(=O)(=O)N1.C=C[C@]1(CO)CCc2c(cn(C)c2C(=O)Nc2ccc(C)c(C#N)c2)S(=O)(=O)N1.C=C[C@]1(CO)CCc2c(cn(C)c2C(=O)Nc2ccc(C)c(C(F)(F)F)c2)S(=O)(=O)N1. The summed E-state index contributed by atoms with van der Waals surface area (Å²) in [7, 11) is -12.3. The number of aryl methyl sites for hydroxylation is 10. The van der Waals surface area contributed by atoms with Gasteiger partial charge >= 0.3 is 12.4 Å². The number of ketones is 1. The number of nitrogens with zero attached hydrogens (tertiary/aromatic N) is 8. The molecule has 6 atom stereocenters. The summed E-state index contributed by atoms with van der Waals surface area (Å²) in [6.07, 6.45) is 7.68. The van der Waals surface area contributed by atoms with Crippen molar-refractivity contribution in [3.8, 4) is 18.2 Å². The zero-order valence-corrected chi connectivity index (χ0v) is 86.3. The highest BCUT2D eigenvalue weighted by molar-refractivity contribution is 7.90. The zero-order chi connectivity index (χ0) is 111. The predicted molar refractivity (Wildman–Crippen MR) is 541 cm³/mol. The number of rotatable bonds is 21. The molecule has 5 aromatic heterocycles. The fraction of sp³-hybridized carbons (Fsp3) is 0.307. The molecule has 14 N–H and O–H groups in total. The van der Waals surface area contributed by atoms with Crippen molar-refractivity contribution in [1.82, 2.24) is 46.4 Å². The van der Waals surface area contributed by atoms with E-state index in [-0.39, 0.29) is 156 Å². The molecule has 149 heavy (non-hydrogen) atoms. The fourth-order valence-electron chi connectivity index (χ4n) is 17.6. The number of sulfonamides is 5. The van der Waals surface area contributed by atoms with E-state index in [0.29, 0.717) is 44.8 Å². The molecule has 1 unspecified atom stereocenters. The van der Waals surface area contributed by atoms with Crippen molar-refractivity contribution in [2.75, 3.05) is 47.7 Å². The first-order valence-corrected chi connectivity index (χ1v) is 52.8. The molecule has 0 bridgehead atoms. The molecule has 0 aliphatic carbocycles. The fourth-order valence-corrected chi connectivity index (χ4v) is 25.9. The molecule has 0 radical (unpaired) electrons. The largest absolute Gasteiger partial charge is 0.416 e. The Kier molecular flexibility index (Phi) is 34.6. The van der Waals surface area contributed by atoms with Crippen LogP contribution in [0.2, 0.25) is 0 Å². The van der Waals surface area contributed by atoms with E-state index < -0.39 is 158 Å². The molecule has 5 aromatic carbocycles. The van der Waals surface area contributed by atoms with Crippen molar-refractivity contribution < 1.29 is 118 Å². The molecular weight excluding hydrogens is 2050 g/mol. The summed E-state index contributed by atoms with van der Waals surface area (Å²) in [4.78, 5) is 64.6. The van der Waals surface area contributed by atoms with Gasteiger partial charge in [-0.05, 0) is 174 Å². The maximum absolute atomic E-state index is 13.2. The lowest BCUT2D eigenvalue weighted by Gasteiger charge is -2.27. The molecule has 0 spiro atoms. The number of fused-ring (bicyclic) bond motifs is 5. The normalized spacial score (nSPS) is 20.0. The van der Waals surface area contributed by atoms with E-state index in [0.717, 1.165) is 28.8 Å². The third kappa shape index (κ3) is 24.7. The highest BCUT2D eigenvalue weighted by Crippen LogP contribution is 2.41. The highest BCUT2D eigenvalue weighted by atomic mass is 32.2. The van der Waals surface area contributed by atoms with Crippen LogP contribution in [-0.2, 0) is 130 Å². The number of alkyl halides is 6. The van der Waals surface area contributed by atoms with Crippen molar-refractivity contribution >= 4 is 108 Å². The highest BCUT2D eigenvalue weighted by Gasteiger charge is 2.46. The molecule has 0 saturated carbocycles. The van der Waals surface area contributed by atoms with E-state index in [1.54, 1.807) is 89.6 Å². The Balaban J connectivity index is 0.000000177. The first-order valence-electron chi connectivity index (χ1n) is 45.4. The summed E-state index contributed by atoms with van der Waals surface area (Å²) < 4.78 is 227. The van der Waals surface area contributed by atoms with Gasteiger partial charge in [-0.1, -0.05) is 78.9 Å². The van der Waals surface area contributed by atoms with Crippen molar-refractivity contribution in [2.24, 2.45) is 35.2 Å². The Morgan fingerprint density at radius 3 is 0.960 bits per heavy atom. The molecule has 5 aliphatic heterocycles. The van der Waals surface area contributed by atoms with Gasteiger partial charge in [0.1, 0.15) is 47.3 Å². The number of hydrogen-bond donors (Lipinski definition) is 14. The maximum Gasteiger partial charge on any atom is 0.416 e. The van der Waals surface area contributed by atoms with Crippen LogP contribution >= 0.6 is 0 Å². The van der Waals surface area contributed by atoms with Crippen LogP contribution in [0.25, 0.3) is 6.08 Å². The molecule has 37 nitrogen and oxygen atoms in total. The number of nitriles is 3. The molecule has 10 heterocycles. The average Bonchev–Trinajstić information content (AvgIpc) is 1.62. The number of carbonyl (C=O) groups is 5. The topological polar surface area (TPSA) is 561 Å². The lowest BCUT2D eigenvalue weighted by molar-refractivity contribution is -0.138. The Labute approximate surface area is 856 Å². The molecular formula is C101H109F6N17O20S5. The van der Waals surface area contributed by atoms with Gasteiger partial charge < -0.3 is 69.6 Å². The van der Waals surface area contributed by atoms with E-state index in [9.17, 15) is 134 Å². The Hall–Kier alpha value is -14.1. The number of halogens is 6. The minimum absolute atomic E-state index is 0.00365. The lowest BCUT2D eigenvalue weighted by Crippen LogP contribution is -2.48. The van der Waals surface area contributed by atoms with Gasteiger partial charge in [-0.3, -0.25) is 24.0 Å². The van der Waals surface area contributed by atoms with E-state index in [1.807, 2.05) is 6.92 Å². The standard InChI is InChI=1S/C21H21N3O4S.2C20H22F3N3O4S.2C20H22N4O4S/c1-4-18(25)17-8-7-16-20(29(27,28)23-17)12-24(3)21(16)19(26)10-14-6-5-13(2)15(9-14)11-22;2*1-4-19(11-27)8-7-14-16(31(29,30)25-19)10-26(3)17(14)18(28)24-13-6-5-12(2)15(9-13)20(21,22)23;2*1-4-20(12-25)8-7-16-17(29(27,28)23-20)11-24(3)18(16)19(26)22-15-6-5-13(2)14(9-15)10-21/h4-9,12,17-18,23,25H,1,10H2,2-3H3;2*4-6,9-10,25,27H,1,7-8,11H2,2-3H3,(H,24,28);2*4-6,9,11,23,25H,1,7-8,12H2,2-3H3,(H,22,26)/t17-,18?;2*19-;2*20-/m01010/s1. The molecule has 0 saturated heterocycles. The average molecular weight is 2160 g/mol. The second-order valence-corrected chi connectivity index (χ2v) is 44.6. The van der Waals surface area contributed by atoms with Gasteiger partial charge in [0.2, 0.25) is 50.1 Å². The van der Waals surface area contributed by atoms with E-state index in [1.165, 1.54) is 149 Å². The Morgan fingerprint density at radius 1 is 0.416 bits per heavy atom. The number of hydrogen-bond acceptors (Lipinski definition) is 23. The molecule has 10 aromatic rings. The number of anilines is 4. The third-order valence-electron chi connectivity index (χ3n) is 26.1. The van der Waals surface area contributed by atoms with Gasteiger partial charge in [-0.15, -0.1) is 32.9 Å². The van der Waals surface area contributed by atoms with Crippen LogP contribution in [0.3, 0.4) is 0 Å². The summed E-state index contributed by atoms with van der Waals surface area (Å²) in [5.41, 5.74) is 0.697. The van der Waals surface area contributed by atoms with Crippen LogP contribution in [0.4, 0.5) is 49.1 Å². The summed E-state index contributed by atoms with van der Waals surface area (Å²) in [5, 5.41) is 86.6. The van der Waals surface area contributed by atoms with Crippen molar-refractivity contribution in [3.05, 3.63) is 309 Å². The predicted octanol–water partition coefficient (Wildman–Crippen LogP) is 10.5. The minimum atomic E-state index is -4.58. The summed E-state index contributed by atoms with van der Waals surface area (Å²) in [6, 6.07) is 27.4. The lowest BCUT2D eigenvalue weighted by atomic mass is 9.93. The van der Waals surface area contributed by atoms with Crippen LogP contribution in [-0.4, -0.2) is 181 Å². The number of Topliss-reactive ketones (excluding diaryl/α,β-unsaturated/α-hetero) is 1. The Bertz CT molecular complexity index is 7530. The van der Waals surface area contributed by atoms with Gasteiger partial charge in [0.05, 0.1) is 112 Å². The summed E-state index contributed by atoms with van der Waals surface area (Å²) >= 11 is 0. The number of benzene rings is 5. The molecule has 15 rings (SSSR count). The molecule has 5 aliphatic rings. The second kappa shape index (κ2) is 44.7. The molecule has 48 heteroatoms. The van der Waals surface area contributed by atoms with Gasteiger partial charge in [-0.2, -0.15) is 61.0 Å². The Morgan fingerprint density at radius 2 is 0.685 bits per heavy atom. The van der Waals surface area contributed by atoms with Crippen LogP contribution in [0.1, 0.15) is 167 Å². The van der Waals surface area contributed by atoms with Crippen molar-refractivity contribution in [1.29, 1.82) is 15.8 Å². The number of aromatic nitrogens is 5. The van der Waals surface area contributed by atoms with Gasteiger partial charge in [-0.25, -0.2) is 46.8 Å². The van der Waals surface area contributed by atoms with Crippen molar-refractivity contribution in [2.45, 2.75) is 164 Å². The molecule has 4 amide bonds. The van der Waals surface area contributed by atoms with E-state index in [2.05, 4.69) is 96.0 Å². The smallest absolute Gasteiger partial charge is 0.394 e. The van der Waals surface area contributed by atoms with Gasteiger partial charge in [0.15, 0.2) is 5.78 Å². The van der Waals surface area contributed by atoms with Crippen LogP contribution < -0.4 is 44.9 Å². The number of aliphatic hydroxyl groups is 5. The minimum Gasteiger partial charge on any atom is -0.394 e. The van der Waals surface area contributed by atoms with Crippen LogP contribution in [0, 0.1) is 68.6 Å². The number of amides is 4. The first-order chi connectivity index (χ1) is 69.7. The van der Waals surface area contributed by atoms with Gasteiger partial charge in [0, 0.05) is 123 Å². The summed E-state index contributed by atoms with van der Waals surface area (Å²) in [6.45, 7) is 24.1. The van der Waals surface area contributed by atoms with Gasteiger partial charge in [0.25, 0.3) is 23.6 Å². The monoisotopic (exact) mass is 2150 g/mol. The summed E-state index contributed by atoms with van der Waals surface area (Å²) in [5.74, 6) is -2.72. The second-order valence-electron chi connectivity index (χ2n) is 36.3. The quantitative estimate of drug-likeness (QED) is 0.0180. The third-order valence-corrected chi connectivity index (χ3v) is 34.0. The number of carbonyl (C=O) groups excluding carboxylic acids is 5. The number of aliphatic hydroxyl groups excluding tert-OH is 5. The zero-order valence-electron chi connectivity index (χ0n) is 82.2. The van der Waals surface area contributed by atoms with Crippen molar-refractivity contribution in [3.63, 3.8) is 0 Å². The molecule has 790 valence electrons. The molecule has 0 fully saturated rings.